The summed E-state index contributed by atoms with van der Waals surface area (Å²) >= 11 is 0. The van der Waals surface area contributed by atoms with Crippen LogP contribution in [0.25, 0.3) is 5.65 Å². The number of amides is 2. The number of rotatable bonds is 7. The summed E-state index contributed by atoms with van der Waals surface area (Å²) in [6, 6.07) is 5.83. The van der Waals surface area contributed by atoms with E-state index in [0.29, 0.717) is 25.9 Å². The minimum Gasteiger partial charge on any atom is -0.352 e. The lowest BCUT2D eigenvalue weighted by Crippen LogP contribution is -2.32. The van der Waals surface area contributed by atoms with E-state index < -0.39 is 0 Å². The Morgan fingerprint density at radius 1 is 1.21 bits per heavy atom. The van der Waals surface area contributed by atoms with Crippen molar-refractivity contribution in [1.82, 2.24) is 29.8 Å². The van der Waals surface area contributed by atoms with Crippen LogP contribution in [-0.4, -0.2) is 49.4 Å². The number of hydrogen-bond donors (Lipinski definition) is 1. The van der Waals surface area contributed by atoms with Gasteiger partial charge in [-0.25, -0.2) is 9.50 Å². The van der Waals surface area contributed by atoms with Crippen molar-refractivity contribution < 1.29 is 9.59 Å². The van der Waals surface area contributed by atoms with Crippen LogP contribution in [0.5, 0.6) is 0 Å². The van der Waals surface area contributed by atoms with E-state index in [-0.39, 0.29) is 23.7 Å². The molecule has 0 unspecified atom stereocenters. The molecule has 1 fully saturated rings. The van der Waals surface area contributed by atoms with Crippen LogP contribution in [0.3, 0.4) is 0 Å². The summed E-state index contributed by atoms with van der Waals surface area (Å²) < 4.78 is 1.89. The molecule has 1 aliphatic heterocycles. The van der Waals surface area contributed by atoms with E-state index in [4.69, 9.17) is 10.1 Å². The molecule has 0 radical (unpaired) electrons. The highest BCUT2D eigenvalue weighted by Crippen LogP contribution is 2.28. The van der Waals surface area contributed by atoms with Crippen molar-refractivity contribution in [2.75, 3.05) is 13.1 Å². The molecule has 4 rings (SSSR count). The van der Waals surface area contributed by atoms with Crippen molar-refractivity contribution in [1.29, 1.82) is 0 Å². The lowest BCUT2D eigenvalue weighted by molar-refractivity contribution is -0.133. The fourth-order valence-corrected chi connectivity index (χ4v) is 4.50. The Morgan fingerprint density at radius 3 is 2.70 bits per heavy atom. The van der Waals surface area contributed by atoms with Crippen molar-refractivity contribution in [3.05, 3.63) is 58.8 Å². The molecule has 1 N–H and O–H groups in total. The second kappa shape index (κ2) is 9.68. The van der Waals surface area contributed by atoms with Gasteiger partial charge in [-0.3, -0.25) is 14.6 Å². The number of aryl methyl sites for hydroxylation is 2. The van der Waals surface area contributed by atoms with Crippen LogP contribution in [0, 0.1) is 19.8 Å². The first kappa shape index (κ1) is 22.9. The molecule has 0 saturated carbocycles. The molecule has 3 aromatic heterocycles. The zero-order valence-electron chi connectivity index (χ0n) is 19.8. The van der Waals surface area contributed by atoms with E-state index in [1.54, 1.807) is 12.4 Å². The van der Waals surface area contributed by atoms with Gasteiger partial charge in [-0.15, -0.1) is 0 Å². The van der Waals surface area contributed by atoms with Gasteiger partial charge in [0.25, 0.3) is 0 Å². The number of carbonyl (C=O) groups is 2. The van der Waals surface area contributed by atoms with Crippen LogP contribution in [0.1, 0.15) is 60.8 Å². The molecule has 4 heterocycles. The van der Waals surface area contributed by atoms with E-state index in [2.05, 4.69) is 10.3 Å². The minimum absolute atomic E-state index is 0.00716. The summed E-state index contributed by atoms with van der Waals surface area (Å²) in [5.41, 5.74) is 5.82. The fraction of sp³-hybridized carbons (Fsp3) is 0.480. The van der Waals surface area contributed by atoms with Gasteiger partial charge < -0.3 is 10.2 Å². The molecule has 0 aliphatic carbocycles. The summed E-state index contributed by atoms with van der Waals surface area (Å²) in [5.74, 6) is 0.459. The Bertz CT molecular complexity index is 1150. The van der Waals surface area contributed by atoms with Gasteiger partial charge in [-0.1, -0.05) is 13.8 Å². The van der Waals surface area contributed by atoms with E-state index >= 15 is 0 Å². The minimum atomic E-state index is 0.00716. The lowest BCUT2D eigenvalue weighted by atomic mass is 10.1. The van der Waals surface area contributed by atoms with Crippen LogP contribution >= 0.6 is 0 Å². The largest absolute Gasteiger partial charge is 0.352 e. The van der Waals surface area contributed by atoms with E-state index in [1.807, 2.05) is 55.3 Å². The van der Waals surface area contributed by atoms with E-state index in [0.717, 1.165) is 46.8 Å². The molecule has 8 heteroatoms. The van der Waals surface area contributed by atoms with Crippen LogP contribution in [0.15, 0.2) is 30.6 Å². The zero-order chi connectivity index (χ0) is 23.5. The molecule has 1 atom stereocenters. The van der Waals surface area contributed by atoms with Gasteiger partial charge >= 0.3 is 0 Å². The average molecular weight is 449 g/mol. The molecule has 3 aromatic rings. The quantitative estimate of drug-likeness (QED) is 0.600. The topological polar surface area (TPSA) is 92.5 Å². The van der Waals surface area contributed by atoms with Gasteiger partial charge in [-0.05, 0) is 49.9 Å². The highest BCUT2D eigenvalue weighted by atomic mass is 16.2. The van der Waals surface area contributed by atoms with Crippen molar-refractivity contribution in [3.63, 3.8) is 0 Å². The normalized spacial score (nSPS) is 16.0. The first-order valence-corrected chi connectivity index (χ1v) is 11.6. The second-order valence-corrected chi connectivity index (χ2v) is 9.16. The van der Waals surface area contributed by atoms with Crippen molar-refractivity contribution in [2.24, 2.45) is 5.92 Å². The summed E-state index contributed by atoms with van der Waals surface area (Å²) in [6.45, 7) is 9.89. The molecule has 0 bridgehead atoms. The molecule has 0 spiro atoms. The maximum atomic E-state index is 12.4. The van der Waals surface area contributed by atoms with Gasteiger partial charge in [0.15, 0.2) is 5.65 Å². The number of likely N-dealkylation sites (tertiary alicyclic amines) is 1. The molecule has 1 aliphatic rings. The molecule has 1 saturated heterocycles. The Balaban J connectivity index is 1.43. The smallest absolute Gasteiger partial charge is 0.225 e. The number of nitrogens with zero attached hydrogens (tertiary/aromatic N) is 5. The molecule has 174 valence electrons. The highest BCUT2D eigenvalue weighted by Gasteiger charge is 2.30. The van der Waals surface area contributed by atoms with Gasteiger partial charge in [0.2, 0.25) is 11.8 Å². The van der Waals surface area contributed by atoms with Gasteiger partial charge in [-0.2, -0.15) is 5.10 Å². The van der Waals surface area contributed by atoms with Crippen molar-refractivity contribution in [3.8, 4) is 0 Å². The summed E-state index contributed by atoms with van der Waals surface area (Å²) in [4.78, 5) is 35.4. The number of pyridine rings is 1. The summed E-state index contributed by atoms with van der Waals surface area (Å²) in [6.07, 6.45) is 5.36. The Labute approximate surface area is 194 Å². The number of carbonyl (C=O) groups excluding carboxylic acids is 2. The van der Waals surface area contributed by atoms with E-state index in [9.17, 15) is 9.59 Å². The molecular formula is C25H32N6O2. The summed E-state index contributed by atoms with van der Waals surface area (Å²) in [7, 11) is 0. The number of aromatic nitrogens is 4. The molecule has 2 amide bonds. The first-order valence-electron chi connectivity index (χ1n) is 11.6. The van der Waals surface area contributed by atoms with Gasteiger partial charge in [0, 0.05) is 67.7 Å². The Morgan fingerprint density at radius 2 is 1.97 bits per heavy atom. The van der Waals surface area contributed by atoms with Crippen LogP contribution < -0.4 is 5.32 Å². The SMILES string of the molecule is Cc1nc2cc([C@@H]3CCN(C(=O)C(C)C)C3)nn2c(C)c1CCC(=O)NCc1ccncc1. The first-order chi connectivity index (χ1) is 15.8. The average Bonchev–Trinajstić information content (AvgIpc) is 3.45. The monoisotopic (exact) mass is 448 g/mol. The molecule has 8 nitrogen and oxygen atoms in total. The van der Waals surface area contributed by atoms with Crippen LogP contribution in [0.4, 0.5) is 0 Å². The third kappa shape index (κ3) is 5.05. The van der Waals surface area contributed by atoms with Crippen molar-refractivity contribution >= 4 is 17.5 Å². The second-order valence-electron chi connectivity index (χ2n) is 9.16. The highest BCUT2D eigenvalue weighted by molar-refractivity contribution is 5.78. The Kier molecular flexibility index (Phi) is 6.72. The maximum absolute atomic E-state index is 12.4. The number of hydrogen-bond acceptors (Lipinski definition) is 5. The fourth-order valence-electron chi connectivity index (χ4n) is 4.50. The zero-order valence-corrected chi connectivity index (χ0v) is 19.8. The van der Waals surface area contributed by atoms with Crippen molar-refractivity contribution in [2.45, 2.75) is 59.4 Å². The van der Waals surface area contributed by atoms with E-state index in [1.165, 1.54) is 0 Å². The molecular weight excluding hydrogens is 416 g/mol. The number of nitrogens with one attached hydrogen (secondary N) is 1. The standard InChI is InChI=1S/C25H32N6O2/c1-16(2)25(33)30-12-9-20(15-30)22-13-23-28-17(3)21(18(4)31(23)29-22)5-6-24(32)27-14-19-7-10-26-11-8-19/h7-8,10-11,13,16,20H,5-6,9,12,14-15H2,1-4H3,(H,27,32)/t20-/m1/s1. The predicted molar refractivity (Wildman–Crippen MR) is 126 cm³/mol. The number of fused-ring (bicyclic) bond motifs is 1. The van der Waals surface area contributed by atoms with Gasteiger partial charge in [0.1, 0.15) is 0 Å². The molecule has 0 aromatic carbocycles. The van der Waals surface area contributed by atoms with Gasteiger partial charge in [0.05, 0.1) is 5.69 Å². The third-order valence-corrected chi connectivity index (χ3v) is 6.44. The van der Waals surface area contributed by atoms with Crippen LogP contribution in [-0.2, 0) is 22.6 Å². The predicted octanol–water partition coefficient (Wildman–Crippen LogP) is 2.96. The van der Waals surface area contributed by atoms with Crippen LogP contribution in [0.2, 0.25) is 0 Å². The lowest BCUT2D eigenvalue weighted by Gasteiger charge is -2.18. The molecule has 33 heavy (non-hydrogen) atoms. The third-order valence-electron chi connectivity index (χ3n) is 6.44. The summed E-state index contributed by atoms with van der Waals surface area (Å²) in [5, 5.41) is 7.81. The maximum Gasteiger partial charge on any atom is 0.225 e. The Hall–Kier alpha value is -3.29.